The molecule has 2 aliphatic rings. The third-order valence-corrected chi connectivity index (χ3v) is 2.84. The minimum Gasteiger partial charge on any atom is -0.857 e. The van der Waals surface area contributed by atoms with Gasteiger partial charge in [0, 0.05) is 0 Å². The van der Waals surface area contributed by atoms with E-state index in [9.17, 15) is 0 Å². The van der Waals surface area contributed by atoms with E-state index in [2.05, 4.69) is 19.1 Å². The van der Waals surface area contributed by atoms with Gasteiger partial charge < -0.3 is 15.3 Å². The molecule has 0 spiro atoms. The standard InChI is InChI=1S/C11H15.3CH3O.Ti/c1-2-9-7-8-10-5-3-4-6-11(9)10;3*1-2;/h8-9H,2-6H2,1H3;3*1H3;/q4*-1;+4. The maximum Gasteiger partial charge on any atom is 4.00 e. The van der Waals surface area contributed by atoms with Crippen LogP contribution in [0.1, 0.15) is 39.0 Å². The summed E-state index contributed by atoms with van der Waals surface area (Å²) in [6.45, 7) is 2.26. The topological polar surface area (TPSA) is 69.2 Å². The molecule has 0 saturated carbocycles. The molecule has 0 aromatic heterocycles. The zero-order valence-corrected chi connectivity index (χ0v) is 13.5. The van der Waals surface area contributed by atoms with Crippen molar-refractivity contribution in [3.63, 3.8) is 0 Å². The molecule has 1 unspecified atom stereocenters. The van der Waals surface area contributed by atoms with Crippen LogP contribution in [0, 0.1) is 12.0 Å². The van der Waals surface area contributed by atoms with Gasteiger partial charge in [-0.05, 0) is 6.42 Å². The monoisotopic (exact) mass is 288 g/mol. The van der Waals surface area contributed by atoms with Crippen molar-refractivity contribution in [1.82, 2.24) is 0 Å². The molecule has 18 heavy (non-hydrogen) atoms. The molecule has 0 saturated heterocycles. The van der Waals surface area contributed by atoms with Crippen LogP contribution in [-0.4, -0.2) is 21.3 Å². The Labute approximate surface area is 126 Å². The molecule has 2 aliphatic carbocycles. The van der Waals surface area contributed by atoms with E-state index < -0.39 is 0 Å². The number of allylic oxidation sites excluding steroid dienone is 4. The summed E-state index contributed by atoms with van der Waals surface area (Å²) in [7, 11) is 2.25. The van der Waals surface area contributed by atoms with Crippen molar-refractivity contribution in [2.75, 3.05) is 21.3 Å². The van der Waals surface area contributed by atoms with E-state index in [1.54, 1.807) is 11.1 Å². The Balaban J connectivity index is -0.000000285. The van der Waals surface area contributed by atoms with Gasteiger partial charge in [0.1, 0.15) is 0 Å². The van der Waals surface area contributed by atoms with Crippen LogP contribution < -0.4 is 15.3 Å². The third kappa shape index (κ3) is 7.50. The van der Waals surface area contributed by atoms with E-state index in [4.69, 9.17) is 15.3 Å². The van der Waals surface area contributed by atoms with Gasteiger partial charge in [-0.3, -0.25) is 6.08 Å². The van der Waals surface area contributed by atoms with Crippen molar-refractivity contribution in [2.24, 2.45) is 5.92 Å². The second-order valence-electron chi connectivity index (χ2n) is 3.53. The number of hydrogen-bond acceptors (Lipinski definition) is 3. The second-order valence-corrected chi connectivity index (χ2v) is 3.53. The van der Waals surface area contributed by atoms with Gasteiger partial charge in [0.15, 0.2) is 0 Å². The first-order chi connectivity index (χ1) is 8.42. The zero-order valence-electron chi connectivity index (χ0n) is 11.9. The molecular formula is C14H24O3Ti. The van der Waals surface area contributed by atoms with Gasteiger partial charge in [-0.1, -0.05) is 38.5 Å². The predicted molar refractivity (Wildman–Crippen MR) is 64.9 cm³/mol. The summed E-state index contributed by atoms with van der Waals surface area (Å²) >= 11 is 0. The van der Waals surface area contributed by atoms with Crippen molar-refractivity contribution in [3.05, 3.63) is 23.3 Å². The zero-order chi connectivity index (χ0) is 13.7. The van der Waals surface area contributed by atoms with Crippen LogP contribution in [0.4, 0.5) is 0 Å². The Morgan fingerprint density at radius 1 is 1.06 bits per heavy atom. The van der Waals surface area contributed by atoms with Gasteiger partial charge in [-0.15, -0.1) is 0 Å². The molecule has 0 aliphatic heterocycles. The third-order valence-electron chi connectivity index (χ3n) is 2.84. The van der Waals surface area contributed by atoms with Crippen LogP contribution in [0.15, 0.2) is 17.2 Å². The van der Waals surface area contributed by atoms with Crippen molar-refractivity contribution in [3.8, 4) is 0 Å². The molecule has 0 aromatic carbocycles. The first kappa shape index (κ1) is 23.2. The quantitative estimate of drug-likeness (QED) is 0.510. The van der Waals surface area contributed by atoms with E-state index in [1.165, 1.54) is 32.1 Å². The summed E-state index contributed by atoms with van der Waals surface area (Å²) in [5.41, 5.74) is 3.32. The molecule has 0 fully saturated rings. The van der Waals surface area contributed by atoms with Crippen LogP contribution in [0.5, 0.6) is 0 Å². The summed E-state index contributed by atoms with van der Waals surface area (Å²) in [4.78, 5) is 0. The summed E-state index contributed by atoms with van der Waals surface area (Å²) in [6.07, 6.45) is 12.4. The fourth-order valence-corrected chi connectivity index (χ4v) is 2.18. The summed E-state index contributed by atoms with van der Waals surface area (Å²) in [5.74, 6) is 0.685. The van der Waals surface area contributed by atoms with E-state index in [0.29, 0.717) is 5.92 Å². The van der Waals surface area contributed by atoms with Gasteiger partial charge in [0.2, 0.25) is 0 Å². The SMILES string of the molecule is CCC1[C-]=CC2=C1CCCC2.C[O-].C[O-].C[O-].[Ti+4]. The van der Waals surface area contributed by atoms with Gasteiger partial charge in [0.05, 0.1) is 0 Å². The minimum absolute atomic E-state index is 0. The Bertz CT molecular complexity index is 225. The van der Waals surface area contributed by atoms with Gasteiger partial charge in [0.25, 0.3) is 0 Å². The Morgan fingerprint density at radius 3 is 2.06 bits per heavy atom. The van der Waals surface area contributed by atoms with Gasteiger partial charge >= 0.3 is 21.7 Å². The molecular weight excluding hydrogens is 264 g/mol. The van der Waals surface area contributed by atoms with Crippen LogP contribution in [0.25, 0.3) is 0 Å². The number of hydrogen-bond donors (Lipinski definition) is 0. The first-order valence-electron chi connectivity index (χ1n) is 5.95. The van der Waals surface area contributed by atoms with Crippen LogP contribution in [-0.2, 0) is 21.7 Å². The fourth-order valence-electron chi connectivity index (χ4n) is 2.18. The number of rotatable bonds is 1. The minimum atomic E-state index is 0. The smallest absolute Gasteiger partial charge is 0.857 e. The molecule has 0 N–H and O–H groups in total. The average molecular weight is 288 g/mol. The molecule has 0 bridgehead atoms. The molecule has 2 rings (SSSR count). The van der Waals surface area contributed by atoms with E-state index in [-0.39, 0.29) is 21.7 Å². The summed E-state index contributed by atoms with van der Waals surface area (Å²) in [5, 5.41) is 24.8. The first-order valence-corrected chi connectivity index (χ1v) is 5.95. The maximum atomic E-state index is 8.25. The molecule has 0 aromatic rings. The van der Waals surface area contributed by atoms with Crippen molar-refractivity contribution < 1.29 is 37.0 Å². The van der Waals surface area contributed by atoms with Crippen molar-refractivity contribution >= 4 is 0 Å². The molecule has 0 heterocycles. The Hall–Kier alpha value is 0.0743. The van der Waals surface area contributed by atoms with Crippen LogP contribution in [0.3, 0.4) is 0 Å². The second kappa shape index (κ2) is 17.1. The van der Waals surface area contributed by atoms with Crippen molar-refractivity contribution in [1.29, 1.82) is 0 Å². The van der Waals surface area contributed by atoms with Crippen LogP contribution >= 0.6 is 0 Å². The van der Waals surface area contributed by atoms with E-state index in [1.807, 2.05) is 0 Å². The van der Waals surface area contributed by atoms with E-state index >= 15 is 0 Å². The Kier molecular flexibility index (Phi) is 22.0. The molecule has 0 radical (unpaired) electrons. The molecule has 3 nitrogen and oxygen atoms in total. The Morgan fingerprint density at radius 2 is 1.56 bits per heavy atom. The molecule has 1 atom stereocenters. The molecule has 0 amide bonds. The normalized spacial score (nSPS) is 18.9. The molecule has 4 heteroatoms. The molecule has 102 valence electrons. The van der Waals surface area contributed by atoms with Crippen molar-refractivity contribution in [2.45, 2.75) is 39.0 Å². The van der Waals surface area contributed by atoms with E-state index in [0.717, 1.165) is 21.3 Å². The maximum absolute atomic E-state index is 8.25. The fraction of sp³-hybridized carbons (Fsp3) is 0.714. The largest absolute Gasteiger partial charge is 4.00 e. The van der Waals surface area contributed by atoms with Gasteiger partial charge in [-0.25, -0.2) is 6.08 Å². The summed E-state index contributed by atoms with van der Waals surface area (Å²) < 4.78 is 0. The average Bonchev–Trinajstić information content (AvgIpc) is 2.88. The summed E-state index contributed by atoms with van der Waals surface area (Å²) in [6, 6.07) is 0. The van der Waals surface area contributed by atoms with Crippen LogP contribution in [0.2, 0.25) is 0 Å². The predicted octanol–water partition coefficient (Wildman–Crippen LogP) is 0.183. The van der Waals surface area contributed by atoms with Gasteiger partial charge in [-0.2, -0.15) is 32.5 Å².